The van der Waals surface area contributed by atoms with E-state index in [1.807, 2.05) is 0 Å². The fraction of sp³-hybridized carbons (Fsp3) is 0.0244. The van der Waals surface area contributed by atoms with Crippen LogP contribution in [0.2, 0.25) is 0 Å². The Hall–Kier alpha value is -5.60. The molecule has 0 aliphatic rings. The molecular weight excluding hydrogens is 520 g/mol. The summed E-state index contributed by atoms with van der Waals surface area (Å²) in [4.78, 5) is 2.29. The smallest absolute Gasteiger partial charge is 0.0495 e. The zero-order chi connectivity index (χ0) is 28.8. The number of hydrogen-bond acceptors (Lipinski definition) is 1. The van der Waals surface area contributed by atoms with Crippen LogP contribution in [-0.4, -0.2) is 4.57 Å². The molecule has 204 valence electrons. The largest absolute Gasteiger partial charge is 0.344 e. The van der Waals surface area contributed by atoms with Gasteiger partial charge in [-0.2, -0.15) is 0 Å². The zero-order valence-electron chi connectivity index (χ0n) is 24.0. The Kier molecular flexibility index (Phi) is 6.05. The van der Waals surface area contributed by atoms with Gasteiger partial charge in [-0.15, -0.1) is 0 Å². The van der Waals surface area contributed by atoms with Crippen LogP contribution in [-0.2, 0) is 7.05 Å². The number of fused-ring (bicyclic) bond motifs is 4. The first-order chi connectivity index (χ1) is 21.2. The summed E-state index contributed by atoms with van der Waals surface area (Å²) in [6, 6.07) is 58.9. The Morgan fingerprint density at radius 1 is 0.372 bits per heavy atom. The first-order valence-electron chi connectivity index (χ1n) is 14.7. The molecule has 1 aromatic heterocycles. The molecule has 0 atom stereocenters. The Bertz CT molecular complexity index is 2170. The lowest BCUT2D eigenvalue weighted by molar-refractivity contribution is 1.02. The molecule has 0 spiro atoms. The highest BCUT2D eigenvalue weighted by molar-refractivity contribution is 6.13. The minimum absolute atomic E-state index is 1.13. The minimum Gasteiger partial charge on any atom is -0.344 e. The molecule has 0 N–H and O–H groups in total. The Morgan fingerprint density at radius 3 is 1.42 bits per heavy atom. The van der Waals surface area contributed by atoms with E-state index in [-0.39, 0.29) is 0 Å². The van der Waals surface area contributed by atoms with Crippen LogP contribution in [0.1, 0.15) is 0 Å². The van der Waals surface area contributed by atoms with Crippen LogP contribution in [0.5, 0.6) is 0 Å². The van der Waals surface area contributed by atoms with Crippen molar-refractivity contribution in [1.82, 2.24) is 4.57 Å². The zero-order valence-corrected chi connectivity index (χ0v) is 24.0. The van der Waals surface area contributed by atoms with Crippen LogP contribution >= 0.6 is 0 Å². The van der Waals surface area contributed by atoms with Gasteiger partial charge in [0.25, 0.3) is 0 Å². The van der Waals surface area contributed by atoms with Crippen molar-refractivity contribution < 1.29 is 0 Å². The number of nitrogens with zero attached hydrogens (tertiary/aromatic N) is 2. The van der Waals surface area contributed by atoms with Crippen molar-refractivity contribution in [3.05, 3.63) is 164 Å². The Morgan fingerprint density at radius 2 is 0.814 bits per heavy atom. The highest BCUT2D eigenvalue weighted by Gasteiger charge is 2.13. The summed E-state index contributed by atoms with van der Waals surface area (Å²) in [6.07, 6.45) is 0. The monoisotopic (exact) mass is 550 g/mol. The molecule has 8 aromatic rings. The van der Waals surface area contributed by atoms with Crippen molar-refractivity contribution in [3.8, 4) is 22.3 Å². The van der Waals surface area contributed by atoms with Crippen LogP contribution in [0.4, 0.5) is 17.1 Å². The number of benzene rings is 7. The quantitative estimate of drug-likeness (QED) is 0.207. The highest BCUT2D eigenvalue weighted by atomic mass is 15.1. The van der Waals surface area contributed by atoms with Gasteiger partial charge in [0.1, 0.15) is 0 Å². The second-order valence-electron chi connectivity index (χ2n) is 11.1. The molecule has 0 saturated carbocycles. The highest BCUT2D eigenvalue weighted by Crippen LogP contribution is 2.37. The van der Waals surface area contributed by atoms with E-state index in [0.717, 1.165) is 17.1 Å². The molecular formula is C41H30N2. The summed E-state index contributed by atoms with van der Waals surface area (Å²) < 4.78 is 2.32. The lowest BCUT2D eigenvalue weighted by atomic mass is 9.99. The second-order valence-corrected chi connectivity index (χ2v) is 11.1. The lowest BCUT2D eigenvalue weighted by Gasteiger charge is -2.25. The molecule has 0 amide bonds. The van der Waals surface area contributed by atoms with Crippen LogP contribution in [0.3, 0.4) is 0 Å². The fourth-order valence-corrected chi connectivity index (χ4v) is 6.33. The van der Waals surface area contributed by atoms with Crippen molar-refractivity contribution in [2.45, 2.75) is 0 Å². The lowest BCUT2D eigenvalue weighted by Crippen LogP contribution is -2.09. The average Bonchev–Trinajstić information content (AvgIpc) is 3.35. The molecule has 0 unspecified atom stereocenters. The number of hydrogen-bond donors (Lipinski definition) is 0. The van der Waals surface area contributed by atoms with E-state index in [4.69, 9.17) is 0 Å². The summed E-state index contributed by atoms with van der Waals surface area (Å²) in [5.41, 5.74) is 10.8. The first kappa shape index (κ1) is 25.1. The molecule has 2 heteroatoms. The maximum absolute atomic E-state index is 2.33. The molecule has 43 heavy (non-hydrogen) atoms. The predicted molar refractivity (Wildman–Crippen MR) is 183 cm³/mol. The number of aromatic nitrogens is 1. The third kappa shape index (κ3) is 4.45. The minimum atomic E-state index is 1.13. The molecule has 2 nitrogen and oxygen atoms in total. The van der Waals surface area contributed by atoms with Gasteiger partial charge in [-0.3, -0.25) is 0 Å². The van der Waals surface area contributed by atoms with Crippen LogP contribution in [0.25, 0.3) is 54.8 Å². The summed E-state index contributed by atoms with van der Waals surface area (Å²) >= 11 is 0. The van der Waals surface area contributed by atoms with Crippen LogP contribution in [0.15, 0.2) is 164 Å². The average molecular weight is 551 g/mol. The Balaban J connectivity index is 1.11. The van der Waals surface area contributed by atoms with Gasteiger partial charge >= 0.3 is 0 Å². The van der Waals surface area contributed by atoms with Gasteiger partial charge in [-0.25, -0.2) is 0 Å². The number of rotatable bonds is 5. The van der Waals surface area contributed by atoms with E-state index in [2.05, 4.69) is 180 Å². The maximum atomic E-state index is 2.33. The first-order valence-corrected chi connectivity index (χ1v) is 14.7. The van der Waals surface area contributed by atoms with Gasteiger partial charge < -0.3 is 9.47 Å². The molecule has 0 saturated heterocycles. The van der Waals surface area contributed by atoms with E-state index >= 15 is 0 Å². The van der Waals surface area contributed by atoms with Gasteiger partial charge in [0.2, 0.25) is 0 Å². The predicted octanol–water partition coefficient (Wildman–Crippen LogP) is 11.3. The number of aryl methyl sites for hydroxylation is 1. The van der Waals surface area contributed by atoms with Gasteiger partial charge in [0, 0.05) is 45.9 Å². The summed E-state index contributed by atoms with van der Waals surface area (Å²) in [7, 11) is 2.17. The van der Waals surface area contributed by atoms with E-state index in [0.29, 0.717) is 0 Å². The molecule has 0 bridgehead atoms. The van der Waals surface area contributed by atoms with Crippen molar-refractivity contribution in [1.29, 1.82) is 0 Å². The topological polar surface area (TPSA) is 8.17 Å². The molecule has 8 rings (SSSR count). The normalized spacial score (nSPS) is 11.4. The van der Waals surface area contributed by atoms with E-state index in [9.17, 15) is 0 Å². The fourth-order valence-electron chi connectivity index (χ4n) is 6.33. The number of anilines is 3. The van der Waals surface area contributed by atoms with Crippen molar-refractivity contribution in [2.24, 2.45) is 7.05 Å². The third-order valence-corrected chi connectivity index (χ3v) is 8.58. The molecule has 0 fully saturated rings. The van der Waals surface area contributed by atoms with Crippen molar-refractivity contribution in [3.63, 3.8) is 0 Å². The standard InChI is InChI=1S/C41H30N2/c1-42-40-28-34(22-25-38(40)39-26-32-10-8-9-11-33(32)27-41(39)42)31-18-16-29(17-19-31)30-20-23-37(24-21-30)43(35-12-4-2-5-13-35)36-14-6-3-7-15-36/h2-28H,1H3. The molecule has 0 aliphatic heterocycles. The SMILES string of the molecule is Cn1c2cc(-c3ccc(-c4ccc(N(c5ccccc5)c5ccccc5)cc4)cc3)ccc2c2cc3ccccc3cc21. The second kappa shape index (κ2) is 10.3. The van der Waals surface area contributed by atoms with Gasteiger partial charge in [0.05, 0.1) is 0 Å². The van der Waals surface area contributed by atoms with Crippen molar-refractivity contribution >= 4 is 49.6 Å². The van der Waals surface area contributed by atoms with Gasteiger partial charge in [0.15, 0.2) is 0 Å². The number of para-hydroxylation sites is 2. The van der Waals surface area contributed by atoms with E-state index < -0.39 is 0 Å². The van der Waals surface area contributed by atoms with Gasteiger partial charge in [-0.05, 0) is 87.6 Å². The van der Waals surface area contributed by atoms with E-state index in [1.165, 1.54) is 54.8 Å². The molecule has 7 aromatic carbocycles. The van der Waals surface area contributed by atoms with Gasteiger partial charge in [-0.1, -0.05) is 109 Å². The summed E-state index contributed by atoms with van der Waals surface area (Å²) in [5, 5.41) is 5.16. The molecule has 0 radical (unpaired) electrons. The Labute approximate surface area is 251 Å². The van der Waals surface area contributed by atoms with Crippen molar-refractivity contribution in [2.75, 3.05) is 4.90 Å². The molecule has 1 heterocycles. The third-order valence-electron chi connectivity index (χ3n) is 8.58. The summed E-state index contributed by atoms with van der Waals surface area (Å²) in [6.45, 7) is 0. The molecule has 0 aliphatic carbocycles. The maximum Gasteiger partial charge on any atom is 0.0495 e. The summed E-state index contributed by atoms with van der Waals surface area (Å²) in [5.74, 6) is 0. The van der Waals surface area contributed by atoms with Crippen LogP contribution in [0, 0.1) is 0 Å². The van der Waals surface area contributed by atoms with Crippen LogP contribution < -0.4 is 4.90 Å². The van der Waals surface area contributed by atoms with E-state index in [1.54, 1.807) is 0 Å².